The van der Waals surface area contributed by atoms with E-state index < -0.39 is 279 Å². The molecule has 7 amide bonds. The Morgan fingerprint density at radius 1 is 0.664 bits per heavy atom. The summed E-state index contributed by atoms with van der Waals surface area (Å²) in [7, 11) is 1.46. The maximum absolute atomic E-state index is 16.4. The minimum absolute atomic E-state index is 0.127. The van der Waals surface area contributed by atoms with Crippen molar-refractivity contribution in [2.24, 2.45) is 17.4 Å². The monoisotopic (exact) mass is 1740 g/mol. The number of ether oxygens (including phenoxy) is 9. The molecule has 0 spiro atoms. The molecule has 23 atom stereocenters. The lowest BCUT2D eigenvalue weighted by Crippen LogP contribution is -2.65. The average molecular weight is 1740 g/mol. The number of rotatable bonds is 22. The number of nitrogens with one attached hydrogen (secondary N) is 8. The van der Waals surface area contributed by atoms with Gasteiger partial charge in [0.25, 0.3) is 0 Å². The minimum Gasteiger partial charge on any atom is -0.508 e. The van der Waals surface area contributed by atoms with Crippen molar-refractivity contribution in [2.45, 2.75) is 193 Å². The standard InChI is InChI=1S/C81H96Cl2N10O29/c1-32(2)20-44(86-5)72(106)92-60-62(99)35-13-16-48(42(82)22-35)116-50-24-37-25-51(69(50)121-80-67(104)65(102)70(53(31-94)119-80)122-79-66(103)64(101)63(100)52(118-79)30-87-18-9-19-114-39-10-7-6-8-11-39)117-49-17-14-36(23-43(49)83)68(120-55-29-81(4,85)71(105)33(3)115-55)61-77(111)91-59(78(112)113)41-26-38(95)27-47(97)56(41)40-21-34(12-15-46(40)96)57(74(108)93-61)90-75(109)58(37)89-73(107)45(28-54(84)98)88-76(60)110/h6-8,10-17,21-27,32-33,44-45,52-53,55,57-68,70-71,79-80,86-87,94-97,99-105H,9,18-20,28-31,85H2,1-5H3,(H2,84,98)(H,88,110)(H,89,107)(H,90,109)(H,91,111)(H,92,106)(H,93,108)(H,112,113)/t33-,44+,45-,52+,53+,55?,57+,58+,59+,60+,61-,62+,63-,64-,65+,66+,67+,68+,70+,71-,79-,80-,81-/m0/s1. The summed E-state index contributed by atoms with van der Waals surface area (Å²) in [4.78, 5) is 120. The molecule has 11 bridgehead atoms. The highest BCUT2D eigenvalue weighted by Gasteiger charge is 2.53. The van der Waals surface area contributed by atoms with E-state index in [0.717, 1.165) is 66.7 Å². The van der Waals surface area contributed by atoms with Crippen molar-refractivity contribution >= 4 is 70.5 Å². The SMILES string of the molecule is CN[C@H](CC(C)C)C(=O)N[C@H]1C(=O)N[C@@H](CC(N)=O)C(=O)N[C@H]2C(=O)N[C@H]3C(=O)N[C@H](C(=O)N[C@@H](C(=O)O)c4cc(O)cc(O)c4-c4cc3ccc4O)[C@H](OC3C[C@](C)(N)[C@@H](O)[C@H](C)O3)c3ccc(c(Cl)c3)Oc3cc2cc(c3O[C@@H]2O[C@H](CO)[C@@H](O[C@@H]3O[C@H](CNCCCOc4ccccc4)[C@H](O)[C@H](O)[C@H]3O)[C@H](O)[C@H]2O)Oc2ccc(cc2Cl)[C@H]1O. The number of hydrogen-bond donors (Lipinski definition) is 22. The van der Waals surface area contributed by atoms with Crippen LogP contribution in [0, 0.1) is 5.92 Å². The maximum Gasteiger partial charge on any atom is 0.330 e. The number of carbonyl (C=O) groups is 8. The molecule has 3 saturated heterocycles. The van der Waals surface area contributed by atoms with Gasteiger partial charge in [-0.15, -0.1) is 0 Å². The molecule has 0 saturated carbocycles. The number of primary amides is 1. The number of phenols is 3. The smallest absolute Gasteiger partial charge is 0.330 e. The number of amides is 7. The van der Waals surface area contributed by atoms with Crippen LogP contribution in [0.4, 0.5) is 0 Å². The topological polar surface area (TPSA) is 611 Å². The van der Waals surface area contributed by atoms with E-state index in [1.807, 2.05) is 6.07 Å². The normalized spacial score (nSPS) is 30.2. The Labute approximate surface area is 706 Å². The summed E-state index contributed by atoms with van der Waals surface area (Å²) < 4.78 is 56.8. The summed E-state index contributed by atoms with van der Waals surface area (Å²) in [6, 6.07) is 8.02. The van der Waals surface area contributed by atoms with Crippen molar-refractivity contribution < 1.29 is 142 Å². The molecule has 6 aromatic carbocycles. The number of aliphatic carboxylic acids is 1. The second-order valence-corrected chi connectivity index (χ2v) is 31.9. The number of carbonyl (C=O) groups excluding carboxylic acids is 7. The minimum atomic E-state index is -2.42. The Kier molecular flexibility index (Phi) is 28.7. The highest BCUT2D eigenvalue weighted by Crippen LogP contribution is 2.50. The molecule has 24 N–H and O–H groups in total. The number of aliphatic hydroxyl groups is 8. The molecule has 39 nitrogen and oxygen atoms in total. The molecular weight excluding hydrogens is 1650 g/mol. The van der Waals surface area contributed by atoms with Gasteiger partial charge in [0, 0.05) is 41.3 Å². The summed E-state index contributed by atoms with van der Waals surface area (Å²) >= 11 is 14.5. The van der Waals surface area contributed by atoms with Gasteiger partial charge < -0.3 is 158 Å². The van der Waals surface area contributed by atoms with Crippen molar-refractivity contribution in [3.63, 3.8) is 0 Å². The van der Waals surface area contributed by atoms with Crippen molar-refractivity contribution in [1.29, 1.82) is 0 Å². The predicted octanol–water partition coefficient (Wildman–Crippen LogP) is -0.00320. The van der Waals surface area contributed by atoms with E-state index >= 15 is 24.0 Å². The van der Waals surface area contributed by atoms with Gasteiger partial charge in [-0.25, -0.2) is 4.79 Å². The third kappa shape index (κ3) is 20.3. The van der Waals surface area contributed by atoms with Gasteiger partial charge in [-0.1, -0.05) is 73.4 Å². The first-order chi connectivity index (χ1) is 57.9. The molecule has 1 unspecified atom stereocenters. The molecule has 0 radical (unpaired) electrons. The Bertz CT molecular complexity index is 4860. The highest BCUT2D eigenvalue weighted by molar-refractivity contribution is 6.32. The van der Waals surface area contributed by atoms with E-state index in [9.17, 15) is 75.7 Å². The molecule has 0 aromatic heterocycles. The fourth-order valence-electron chi connectivity index (χ4n) is 15.1. The van der Waals surface area contributed by atoms with Crippen molar-refractivity contribution in [3.8, 4) is 62.9 Å². The zero-order valence-electron chi connectivity index (χ0n) is 66.0. The summed E-state index contributed by atoms with van der Waals surface area (Å²) in [5.74, 6) is -16.0. The van der Waals surface area contributed by atoms with E-state index in [1.165, 1.54) is 33.0 Å². The van der Waals surface area contributed by atoms with Crippen LogP contribution in [-0.4, -0.2) is 252 Å². The summed E-state index contributed by atoms with van der Waals surface area (Å²) in [5, 5.41) is 159. The second-order valence-electron chi connectivity index (χ2n) is 31.1. The van der Waals surface area contributed by atoms with Crippen LogP contribution in [0.25, 0.3) is 11.1 Å². The number of fused-ring (bicyclic) bond motifs is 15. The zero-order chi connectivity index (χ0) is 88.2. The lowest BCUT2D eigenvalue weighted by atomic mass is 9.86. The molecule has 6 aromatic rings. The summed E-state index contributed by atoms with van der Waals surface area (Å²) in [5.41, 5.74) is 8.00. The second kappa shape index (κ2) is 38.6. The highest BCUT2D eigenvalue weighted by atomic mass is 35.5. The van der Waals surface area contributed by atoms with Gasteiger partial charge in [0.2, 0.25) is 53.4 Å². The molecular formula is C81H96Cl2N10O29. The number of halogens is 2. The molecule has 122 heavy (non-hydrogen) atoms. The van der Waals surface area contributed by atoms with Crippen LogP contribution in [0.2, 0.25) is 10.0 Å². The zero-order valence-corrected chi connectivity index (χ0v) is 67.6. The number of aliphatic hydroxyl groups excluding tert-OH is 8. The number of hydrogen-bond acceptors (Lipinski definition) is 31. The van der Waals surface area contributed by atoms with Crippen molar-refractivity contribution in [3.05, 3.63) is 147 Å². The third-order valence-corrected chi connectivity index (χ3v) is 22.1. The van der Waals surface area contributed by atoms with Gasteiger partial charge in [0.1, 0.15) is 126 Å². The van der Waals surface area contributed by atoms with Crippen molar-refractivity contribution in [1.82, 2.24) is 42.5 Å². The molecule has 8 heterocycles. The van der Waals surface area contributed by atoms with Crippen LogP contribution in [0.5, 0.6) is 51.7 Å². The van der Waals surface area contributed by atoms with Gasteiger partial charge in [0.15, 0.2) is 30.1 Å². The maximum atomic E-state index is 16.4. The average Bonchev–Trinajstić information content (AvgIpc) is 0.760. The van der Waals surface area contributed by atoms with Gasteiger partial charge >= 0.3 is 5.97 Å². The van der Waals surface area contributed by atoms with E-state index in [4.69, 9.17) is 77.3 Å². The first-order valence-corrected chi connectivity index (χ1v) is 39.7. The van der Waals surface area contributed by atoms with Crippen molar-refractivity contribution in [2.75, 3.05) is 33.4 Å². The lowest BCUT2D eigenvalue weighted by molar-refractivity contribution is -0.350. The van der Waals surface area contributed by atoms with Crippen LogP contribution in [0.1, 0.15) is 112 Å². The number of para-hydroxylation sites is 1. The molecule has 3 fully saturated rings. The van der Waals surface area contributed by atoms with Crippen LogP contribution >= 0.6 is 23.2 Å². The Balaban J connectivity index is 1.03. The lowest BCUT2D eigenvalue weighted by Gasteiger charge is -2.46. The number of aromatic hydroxyl groups is 3. The largest absolute Gasteiger partial charge is 0.508 e. The first-order valence-electron chi connectivity index (χ1n) is 38.9. The molecule has 8 aliphatic heterocycles. The number of carboxylic acid groups (broad SMARTS) is 1. The fourth-order valence-corrected chi connectivity index (χ4v) is 15.6. The van der Waals surface area contributed by atoms with E-state index in [0.29, 0.717) is 18.7 Å². The number of phenolic OH excluding ortho intramolecular Hbond substituents is 3. The molecule has 0 aliphatic carbocycles. The Hall–Kier alpha value is -10.4. The fraction of sp³-hybridized carbons (Fsp3) is 0.457. The number of likely N-dealkylation sites (N-methyl/N-ethyl adjacent to an activating group) is 1. The third-order valence-electron chi connectivity index (χ3n) is 21.5. The van der Waals surface area contributed by atoms with Gasteiger partial charge in [-0.05, 0) is 135 Å². The molecule has 658 valence electrons. The predicted molar refractivity (Wildman–Crippen MR) is 424 cm³/mol. The van der Waals surface area contributed by atoms with Gasteiger partial charge in [-0.2, -0.15) is 0 Å². The van der Waals surface area contributed by atoms with Crippen LogP contribution in [0.3, 0.4) is 0 Å². The molecule has 14 rings (SSSR count). The van der Waals surface area contributed by atoms with E-state index in [-0.39, 0.29) is 48.6 Å². The number of benzene rings is 6. The first kappa shape index (κ1) is 90.8. The van der Waals surface area contributed by atoms with E-state index in [1.54, 1.807) is 38.1 Å². The van der Waals surface area contributed by atoms with Crippen LogP contribution in [0.15, 0.2) is 109 Å². The summed E-state index contributed by atoms with van der Waals surface area (Å²) in [6.45, 7) is 5.89. The van der Waals surface area contributed by atoms with Gasteiger partial charge in [-0.3, -0.25) is 33.6 Å². The Morgan fingerprint density at radius 3 is 1.93 bits per heavy atom. The van der Waals surface area contributed by atoms with Crippen LogP contribution in [-0.2, 0) is 62.0 Å². The molecule has 8 aliphatic rings. The van der Waals surface area contributed by atoms with Crippen LogP contribution < -0.4 is 72.9 Å². The quantitative estimate of drug-likeness (QED) is 0.0398. The summed E-state index contributed by atoms with van der Waals surface area (Å²) in [6.07, 6.45) is -28.4. The van der Waals surface area contributed by atoms with E-state index in [2.05, 4.69) is 42.5 Å². The number of nitrogens with two attached hydrogens (primary N) is 2. The number of carboxylic acids is 1. The Morgan fingerprint density at radius 2 is 1.30 bits per heavy atom. The van der Waals surface area contributed by atoms with Gasteiger partial charge in [0.05, 0.1) is 47.9 Å². The molecule has 41 heteroatoms.